The van der Waals surface area contributed by atoms with Crippen LogP contribution in [0, 0.1) is 17.2 Å². The number of amides is 4. The molecular formula is C28H45ClN6O5. The van der Waals surface area contributed by atoms with Crippen molar-refractivity contribution in [2.45, 2.75) is 70.9 Å². The number of alkyl carbamates (subject to hydrolysis) is 1. The standard InChI is InChI=1S/C28H44N6O5.ClH/c1-28(2,3)39-27(38)32-16-15-31-25(36)22(19-9-7-6-8-10-19)33-24(35)21(26(37)34(4)5)17-18-11-13-20(14-12-18)23(29)30;/h11-14,19,21-22H,6-10,15-17H2,1-5H3,(H3,29,30)(H,31,36)(H,32,38)(H,33,35);1H/t21?,22-;/m0./s1. The number of nitrogens with zero attached hydrogens (tertiary/aromatic N) is 1. The van der Waals surface area contributed by atoms with Crippen LogP contribution in [0.15, 0.2) is 24.3 Å². The quantitative estimate of drug-likeness (QED) is 0.117. The van der Waals surface area contributed by atoms with Crippen molar-refractivity contribution in [3.05, 3.63) is 35.4 Å². The molecule has 0 aliphatic heterocycles. The smallest absolute Gasteiger partial charge is 0.407 e. The zero-order chi connectivity index (χ0) is 29.2. The number of carbonyl (C=O) groups excluding carboxylic acids is 4. The average Bonchev–Trinajstić information content (AvgIpc) is 2.87. The van der Waals surface area contributed by atoms with Crippen molar-refractivity contribution in [3.8, 4) is 0 Å². The van der Waals surface area contributed by atoms with Gasteiger partial charge in [0.1, 0.15) is 23.4 Å². The van der Waals surface area contributed by atoms with Crippen LogP contribution in [-0.2, 0) is 25.5 Å². The van der Waals surface area contributed by atoms with Crippen molar-refractivity contribution >= 4 is 42.1 Å². The molecule has 2 atom stereocenters. The van der Waals surface area contributed by atoms with Crippen molar-refractivity contribution < 1.29 is 23.9 Å². The summed E-state index contributed by atoms with van der Waals surface area (Å²) in [6, 6.07) is 6.04. The van der Waals surface area contributed by atoms with E-state index >= 15 is 0 Å². The van der Waals surface area contributed by atoms with Crippen molar-refractivity contribution in [3.63, 3.8) is 0 Å². The molecule has 12 heteroatoms. The second kappa shape index (κ2) is 16.1. The maximum absolute atomic E-state index is 13.5. The van der Waals surface area contributed by atoms with E-state index in [2.05, 4.69) is 16.0 Å². The minimum absolute atomic E-state index is 0. The first-order chi connectivity index (χ1) is 18.3. The second-order valence-corrected chi connectivity index (χ2v) is 11.2. The maximum Gasteiger partial charge on any atom is 0.407 e. The highest BCUT2D eigenvalue weighted by Gasteiger charge is 2.35. The summed E-state index contributed by atoms with van der Waals surface area (Å²) in [6.45, 7) is 5.63. The van der Waals surface area contributed by atoms with Crippen LogP contribution in [-0.4, -0.2) is 73.4 Å². The van der Waals surface area contributed by atoms with E-state index in [-0.39, 0.29) is 55.5 Å². The lowest BCUT2D eigenvalue weighted by Gasteiger charge is -2.31. The Kier molecular flexibility index (Phi) is 13.9. The topological polar surface area (TPSA) is 167 Å². The van der Waals surface area contributed by atoms with Gasteiger partial charge < -0.3 is 31.3 Å². The molecule has 1 fully saturated rings. The molecule has 1 aromatic rings. The van der Waals surface area contributed by atoms with Crippen molar-refractivity contribution in [1.82, 2.24) is 20.9 Å². The molecule has 0 spiro atoms. The maximum atomic E-state index is 13.5. The number of carbonyl (C=O) groups is 4. The van der Waals surface area contributed by atoms with Crippen LogP contribution in [0.25, 0.3) is 0 Å². The Morgan fingerprint density at radius 3 is 2.10 bits per heavy atom. The Bertz CT molecular complexity index is 1020. The Morgan fingerprint density at radius 2 is 1.57 bits per heavy atom. The minimum atomic E-state index is -1.03. The van der Waals surface area contributed by atoms with Crippen LogP contribution < -0.4 is 21.7 Å². The fourth-order valence-corrected chi connectivity index (χ4v) is 4.55. The minimum Gasteiger partial charge on any atom is -0.444 e. The first kappa shape index (κ1) is 34.7. The van der Waals surface area contributed by atoms with Gasteiger partial charge in [-0.1, -0.05) is 43.5 Å². The van der Waals surface area contributed by atoms with Gasteiger partial charge in [0.05, 0.1) is 0 Å². The largest absolute Gasteiger partial charge is 0.444 e. The monoisotopic (exact) mass is 580 g/mol. The molecule has 1 aliphatic rings. The predicted molar refractivity (Wildman–Crippen MR) is 156 cm³/mol. The van der Waals surface area contributed by atoms with E-state index in [1.54, 1.807) is 59.1 Å². The van der Waals surface area contributed by atoms with E-state index in [0.717, 1.165) is 37.7 Å². The van der Waals surface area contributed by atoms with E-state index in [9.17, 15) is 19.2 Å². The Hall–Kier alpha value is -3.34. The van der Waals surface area contributed by atoms with Crippen LogP contribution in [0.5, 0.6) is 0 Å². The lowest BCUT2D eigenvalue weighted by atomic mass is 9.83. The SMILES string of the molecule is CN(C)C(=O)C(Cc1ccc(C(=N)N)cc1)C(=O)N[C@H](C(=O)NCCNC(=O)OC(C)(C)C)C1CCCCC1.Cl. The molecule has 0 radical (unpaired) electrons. The molecule has 40 heavy (non-hydrogen) atoms. The summed E-state index contributed by atoms with van der Waals surface area (Å²) in [6.07, 6.45) is 4.17. The molecule has 1 aromatic carbocycles. The van der Waals surface area contributed by atoms with Gasteiger partial charge in [-0.3, -0.25) is 19.8 Å². The first-order valence-corrected chi connectivity index (χ1v) is 13.5. The van der Waals surface area contributed by atoms with Gasteiger partial charge in [0.2, 0.25) is 17.7 Å². The lowest BCUT2D eigenvalue weighted by molar-refractivity contribution is -0.142. The van der Waals surface area contributed by atoms with Crippen LogP contribution >= 0.6 is 12.4 Å². The number of nitrogens with two attached hydrogens (primary N) is 1. The van der Waals surface area contributed by atoms with E-state index in [1.165, 1.54) is 4.90 Å². The van der Waals surface area contributed by atoms with Gasteiger partial charge in [-0.05, 0) is 51.5 Å². The molecule has 0 saturated heterocycles. The number of hydrogen-bond donors (Lipinski definition) is 5. The van der Waals surface area contributed by atoms with Gasteiger partial charge in [-0.15, -0.1) is 12.4 Å². The molecule has 6 N–H and O–H groups in total. The highest BCUT2D eigenvalue weighted by atomic mass is 35.5. The zero-order valence-electron chi connectivity index (χ0n) is 24.2. The molecule has 1 saturated carbocycles. The van der Waals surface area contributed by atoms with Gasteiger partial charge in [0.15, 0.2) is 0 Å². The number of nitrogens with one attached hydrogen (secondary N) is 4. The van der Waals surface area contributed by atoms with Crippen molar-refractivity contribution in [2.24, 2.45) is 17.6 Å². The highest BCUT2D eigenvalue weighted by Crippen LogP contribution is 2.27. The van der Waals surface area contributed by atoms with E-state index in [4.69, 9.17) is 15.9 Å². The van der Waals surface area contributed by atoms with Gasteiger partial charge in [0, 0.05) is 32.7 Å². The predicted octanol–water partition coefficient (Wildman–Crippen LogP) is 2.35. The van der Waals surface area contributed by atoms with Crippen LogP contribution in [0.2, 0.25) is 0 Å². The van der Waals surface area contributed by atoms with Gasteiger partial charge in [0.25, 0.3) is 0 Å². The molecular weight excluding hydrogens is 536 g/mol. The summed E-state index contributed by atoms with van der Waals surface area (Å²) < 4.78 is 5.20. The Labute approximate surface area is 243 Å². The second-order valence-electron chi connectivity index (χ2n) is 11.2. The molecule has 224 valence electrons. The number of halogens is 1. The number of nitrogen functional groups attached to an aromatic ring is 1. The van der Waals surface area contributed by atoms with Gasteiger partial charge in [-0.25, -0.2) is 4.79 Å². The summed E-state index contributed by atoms with van der Waals surface area (Å²) in [5.74, 6) is -2.37. The molecule has 0 bridgehead atoms. The summed E-state index contributed by atoms with van der Waals surface area (Å²) in [4.78, 5) is 53.0. The number of ether oxygens (including phenoxy) is 1. The fraction of sp³-hybridized carbons (Fsp3) is 0.607. The number of amidine groups is 1. The zero-order valence-corrected chi connectivity index (χ0v) is 25.0. The van der Waals surface area contributed by atoms with Crippen LogP contribution in [0.3, 0.4) is 0 Å². The van der Waals surface area contributed by atoms with Crippen molar-refractivity contribution in [2.75, 3.05) is 27.2 Å². The third-order valence-corrected chi connectivity index (χ3v) is 6.55. The number of hydrogen-bond acceptors (Lipinski definition) is 6. The highest BCUT2D eigenvalue weighted by molar-refractivity contribution is 6.02. The lowest BCUT2D eigenvalue weighted by Crippen LogP contribution is -2.55. The average molecular weight is 581 g/mol. The van der Waals surface area contributed by atoms with Gasteiger partial charge >= 0.3 is 6.09 Å². The third kappa shape index (κ3) is 11.4. The molecule has 11 nitrogen and oxygen atoms in total. The normalized spacial score (nSPS) is 15.0. The van der Waals surface area contributed by atoms with Gasteiger partial charge in [-0.2, -0.15) is 0 Å². The third-order valence-electron chi connectivity index (χ3n) is 6.55. The Balaban J connectivity index is 0.00000800. The first-order valence-electron chi connectivity index (χ1n) is 13.5. The number of rotatable bonds is 11. The molecule has 1 unspecified atom stereocenters. The summed E-state index contributed by atoms with van der Waals surface area (Å²) >= 11 is 0. The molecule has 0 aromatic heterocycles. The van der Waals surface area contributed by atoms with Crippen LogP contribution in [0.4, 0.5) is 4.79 Å². The fourth-order valence-electron chi connectivity index (χ4n) is 4.55. The molecule has 2 rings (SSSR count). The number of benzene rings is 1. The summed E-state index contributed by atoms with van der Waals surface area (Å²) in [7, 11) is 3.18. The van der Waals surface area contributed by atoms with E-state index in [0.29, 0.717) is 5.56 Å². The summed E-state index contributed by atoms with van der Waals surface area (Å²) in [5.41, 5.74) is 6.19. The molecule has 4 amide bonds. The Morgan fingerprint density at radius 1 is 1.00 bits per heavy atom. The van der Waals surface area contributed by atoms with E-state index in [1.807, 2.05) is 0 Å². The summed E-state index contributed by atoms with van der Waals surface area (Å²) in [5, 5.41) is 15.9. The van der Waals surface area contributed by atoms with Crippen molar-refractivity contribution in [1.29, 1.82) is 5.41 Å². The van der Waals surface area contributed by atoms with E-state index < -0.39 is 29.6 Å². The van der Waals surface area contributed by atoms with Crippen LogP contribution in [0.1, 0.15) is 64.0 Å². The molecule has 0 heterocycles. The molecule has 1 aliphatic carbocycles.